The highest BCUT2D eigenvalue weighted by atomic mass is 16.5. The molecule has 0 bridgehead atoms. The van der Waals surface area contributed by atoms with Crippen molar-refractivity contribution in [2.75, 3.05) is 6.61 Å². The molecular weight excluding hydrogens is 695 g/mol. The lowest BCUT2D eigenvalue weighted by atomic mass is 10.0. The Morgan fingerprint density at radius 1 is 0.554 bits per heavy atom. The van der Waals surface area contributed by atoms with Gasteiger partial charge in [0.05, 0.1) is 25.2 Å². The minimum atomic E-state index is -0.809. The highest BCUT2D eigenvalue weighted by molar-refractivity contribution is 5.77. The second kappa shape index (κ2) is 42.9. The minimum absolute atomic E-state index is 0.0255. The van der Waals surface area contributed by atoms with Crippen molar-refractivity contribution in [3.8, 4) is 0 Å². The van der Waals surface area contributed by atoms with Crippen LogP contribution in [0.3, 0.4) is 0 Å². The van der Waals surface area contributed by atoms with Gasteiger partial charge in [-0.25, -0.2) is 0 Å². The first kappa shape index (κ1) is 52.8. The van der Waals surface area contributed by atoms with E-state index in [0.717, 1.165) is 89.9 Å². The third-order valence-electron chi connectivity index (χ3n) is 9.47. The first-order valence-electron chi connectivity index (χ1n) is 22.5. The van der Waals surface area contributed by atoms with Gasteiger partial charge < -0.3 is 20.3 Å². The number of aliphatic hydroxyl groups excluding tert-OH is 2. The number of hydrogen-bond donors (Lipinski definition) is 3. The summed E-state index contributed by atoms with van der Waals surface area (Å²) in [6.45, 7) is 6.16. The van der Waals surface area contributed by atoms with E-state index in [-0.39, 0.29) is 24.9 Å². The van der Waals surface area contributed by atoms with Crippen molar-refractivity contribution in [1.82, 2.24) is 5.32 Å². The van der Waals surface area contributed by atoms with E-state index in [9.17, 15) is 19.8 Å². The number of amides is 1. The molecular formula is C50H83NO5. The van der Waals surface area contributed by atoms with Crippen LogP contribution in [0.4, 0.5) is 0 Å². The Kier molecular flexibility index (Phi) is 40.4. The molecule has 3 N–H and O–H groups in total. The Morgan fingerprint density at radius 3 is 1.64 bits per heavy atom. The molecule has 0 radical (unpaired) electrons. The zero-order valence-electron chi connectivity index (χ0n) is 36.0. The summed E-state index contributed by atoms with van der Waals surface area (Å²) in [6.07, 6.45) is 56.2. The van der Waals surface area contributed by atoms with Crippen molar-refractivity contribution in [2.45, 2.75) is 200 Å². The summed E-state index contributed by atoms with van der Waals surface area (Å²) in [5.74, 6) is -0.593. The molecule has 0 aliphatic heterocycles. The Labute approximate surface area is 344 Å². The standard InChI is InChI=1S/C50H83NO5/c1-4-7-10-13-16-19-21-22-23-24-25-26-28-31-34-37-40-43-50(55)56-46(41-38-35-32-30-27-20-17-14-11-8-5-2)44-49(54)51-47(45-52)48(53)42-39-36-33-29-18-15-12-9-6-3/h7-8,10-11,14,16-17,19-20,22-23,25-27,31,34,46-48,52-53H,4-6,9,12-13,15,18,21,24,28-30,32-33,35-45H2,1-3H3,(H,51,54)/b10-7-,11-8+,17-14+,19-16-,23-22-,26-25-,27-20-,34-31-. The Morgan fingerprint density at radius 2 is 1.05 bits per heavy atom. The summed E-state index contributed by atoms with van der Waals surface area (Å²) in [4.78, 5) is 25.9. The Hall–Kier alpha value is -3.22. The second-order valence-electron chi connectivity index (χ2n) is 14.7. The van der Waals surface area contributed by atoms with Crippen LogP contribution in [0.2, 0.25) is 0 Å². The van der Waals surface area contributed by atoms with E-state index in [1.54, 1.807) is 0 Å². The lowest BCUT2D eigenvalue weighted by Crippen LogP contribution is -2.46. The van der Waals surface area contributed by atoms with Crippen molar-refractivity contribution in [3.05, 3.63) is 97.2 Å². The number of aliphatic hydroxyl groups is 2. The molecule has 0 aromatic heterocycles. The quantitative estimate of drug-likeness (QED) is 0.0251. The molecule has 3 unspecified atom stereocenters. The molecule has 3 atom stereocenters. The Balaban J connectivity index is 4.74. The summed E-state index contributed by atoms with van der Waals surface area (Å²) in [5.41, 5.74) is 0. The smallest absolute Gasteiger partial charge is 0.306 e. The van der Waals surface area contributed by atoms with Crippen molar-refractivity contribution >= 4 is 11.9 Å². The number of hydrogen-bond acceptors (Lipinski definition) is 5. The summed E-state index contributed by atoms with van der Waals surface area (Å²) in [5, 5.41) is 23.5. The molecule has 0 saturated heterocycles. The van der Waals surface area contributed by atoms with Gasteiger partial charge in [-0.15, -0.1) is 0 Å². The number of esters is 1. The zero-order chi connectivity index (χ0) is 41.0. The molecule has 0 saturated carbocycles. The molecule has 318 valence electrons. The van der Waals surface area contributed by atoms with E-state index in [1.807, 2.05) is 18.2 Å². The highest BCUT2D eigenvalue weighted by Gasteiger charge is 2.24. The third-order valence-corrected chi connectivity index (χ3v) is 9.47. The summed E-state index contributed by atoms with van der Waals surface area (Å²) in [7, 11) is 0. The van der Waals surface area contributed by atoms with Gasteiger partial charge in [0.15, 0.2) is 0 Å². The van der Waals surface area contributed by atoms with E-state index < -0.39 is 18.2 Å². The largest absolute Gasteiger partial charge is 0.462 e. The van der Waals surface area contributed by atoms with Crippen LogP contribution < -0.4 is 5.32 Å². The fourth-order valence-electron chi connectivity index (χ4n) is 6.11. The molecule has 0 spiro atoms. The van der Waals surface area contributed by atoms with Gasteiger partial charge in [-0.3, -0.25) is 9.59 Å². The number of nitrogens with one attached hydrogen (secondary N) is 1. The Bertz CT molecular complexity index is 1140. The van der Waals surface area contributed by atoms with Crippen LogP contribution in [-0.2, 0) is 14.3 Å². The summed E-state index contributed by atoms with van der Waals surface area (Å²) < 4.78 is 5.85. The van der Waals surface area contributed by atoms with Crippen molar-refractivity contribution < 1.29 is 24.5 Å². The van der Waals surface area contributed by atoms with Crippen LogP contribution in [0.15, 0.2) is 97.2 Å². The van der Waals surface area contributed by atoms with E-state index in [4.69, 9.17) is 4.74 Å². The number of rotatable bonds is 38. The molecule has 0 aliphatic carbocycles. The van der Waals surface area contributed by atoms with Crippen LogP contribution in [0.1, 0.15) is 181 Å². The average molecular weight is 778 g/mol. The van der Waals surface area contributed by atoms with E-state index in [0.29, 0.717) is 25.7 Å². The zero-order valence-corrected chi connectivity index (χ0v) is 36.0. The first-order chi connectivity index (χ1) is 27.5. The first-order valence-corrected chi connectivity index (χ1v) is 22.5. The monoisotopic (exact) mass is 778 g/mol. The van der Waals surface area contributed by atoms with E-state index in [1.165, 1.54) is 38.5 Å². The maximum atomic E-state index is 13.1. The molecule has 0 aromatic carbocycles. The topological polar surface area (TPSA) is 95.9 Å². The van der Waals surface area contributed by atoms with Gasteiger partial charge >= 0.3 is 5.97 Å². The van der Waals surface area contributed by atoms with Gasteiger partial charge in [-0.2, -0.15) is 0 Å². The fourth-order valence-corrected chi connectivity index (χ4v) is 6.11. The molecule has 6 heteroatoms. The van der Waals surface area contributed by atoms with Crippen molar-refractivity contribution in [2.24, 2.45) is 0 Å². The van der Waals surface area contributed by atoms with Crippen LogP contribution in [0, 0.1) is 0 Å². The number of unbranched alkanes of at least 4 members (excludes halogenated alkanes) is 12. The van der Waals surface area contributed by atoms with Crippen molar-refractivity contribution in [3.63, 3.8) is 0 Å². The molecule has 0 aliphatic rings. The maximum absolute atomic E-state index is 13.1. The SMILES string of the molecule is CC/C=C\C/C=C\C/C=C\C/C=C\C/C=C\CCCC(=O)OC(CCCCC\C=C/C=C/C=C/CC)CC(=O)NC(CO)C(O)CCCCCCCCCCC. The van der Waals surface area contributed by atoms with Crippen LogP contribution in [0.25, 0.3) is 0 Å². The normalized spacial score (nSPS) is 14.3. The van der Waals surface area contributed by atoms with Gasteiger partial charge in [0, 0.05) is 6.42 Å². The van der Waals surface area contributed by atoms with Gasteiger partial charge in [0.25, 0.3) is 0 Å². The minimum Gasteiger partial charge on any atom is -0.462 e. The third kappa shape index (κ3) is 37.7. The predicted molar refractivity (Wildman–Crippen MR) is 240 cm³/mol. The molecule has 0 rings (SSSR count). The summed E-state index contributed by atoms with van der Waals surface area (Å²) in [6, 6.07) is -0.727. The molecule has 0 fully saturated rings. The fraction of sp³-hybridized carbons (Fsp3) is 0.640. The molecule has 1 amide bonds. The van der Waals surface area contributed by atoms with Gasteiger partial charge in [0.2, 0.25) is 5.91 Å². The number of ether oxygens (including phenoxy) is 1. The van der Waals surface area contributed by atoms with Gasteiger partial charge in [-0.05, 0) is 83.5 Å². The second-order valence-corrected chi connectivity index (χ2v) is 14.7. The van der Waals surface area contributed by atoms with E-state index >= 15 is 0 Å². The lowest BCUT2D eigenvalue weighted by molar-refractivity contribution is -0.151. The molecule has 6 nitrogen and oxygen atoms in total. The van der Waals surface area contributed by atoms with Crippen LogP contribution >= 0.6 is 0 Å². The van der Waals surface area contributed by atoms with Crippen LogP contribution in [-0.4, -0.2) is 46.9 Å². The molecule has 0 heterocycles. The average Bonchev–Trinajstić information content (AvgIpc) is 3.19. The summed E-state index contributed by atoms with van der Waals surface area (Å²) >= 11 is 0. The van der Waals surface area contributed by atoms with Gasteiger partial charge in [0.1, 0.15) is 6.10 Å². The van der Waals surface area contributed by atoms with Gasteiger partial charge in [-0.1, -0.05) is 182 Å². The maximum Gasteiger partial charge on any atom is 0.306 e. The molecule has 56 heavy (non-hydrogen) atoms. The van der Waals surface area contributed by atoms with Crippen LogP contribution in [0.5, 0.6) is 0 Å². The van der Waals surface area contributed by atoms with E-state index in [2.05, 4.69) is 105 Å². The van der Waals surface area contributed by atoms with Crippen molar-refractivity contribution in [1.29, 1.82) is 0 Å². The number of allylic oxidation sites excluding steroid dienone is 16. The lowest BCUT2D eigenvalue weighted by Gasteiger charge is -2.24. The highest BCUT2D eigenvalue weighted by Crippen LogP contribution is 2.16. The number of carbonyl (C=O) groups is 2. The predicted octanol–water partition coefficient (Wildman–Crippen LogP) is 13.0. The number of carbonyl (C=O) groups excluding carboxylic acids is 2. The molecule has 0 aromatic rings.